The average molecular weight is 335 g/mol. The molecule has 1 aromatic carbocycles. The number of pyridine rings is 1. The first kappa shape index (κ1) is 14.5. The van der Waals surface area contributed by atoms with Gasteiger partial charge in [0, 0.05) is 27.5 Å². The molecule has 1 heterocycles. The first-order valence-electron chi connectivity index (χ1n) is 6.19. The van der Waals surface area contributed by atoms with Gasteiger partial charge in [-0.15, -0.1) is 0 Å². The van der Waals surface area contributed by atoms with E-state index in [1.807, 2.05) is 13.8 Å². The number of halogens is 1. The van der Waals surface area contributed by atoms with Crippen molar-refractivity contribution in [3.8, 4) is 5.75 Å². The summed E-state index contributed by atoms with van der Waals surface area (Å²) in [5, 5.41) is 0. The molecule has 0 aliphatic heterocycles. The summed E-state index contributed by atoms with van der Waals surface area (Å²) >= 11 is 3.32. The van der Waals surface area contributed by atoms with Crippen LogP contribution in [0.5, 0.6) is 5.75 Å². The van der Waals surface area contributed by atoms with Gasteiger partial charge < -0.3 is 10.5 Å². The molecule has 0 saturated heterocycles. The van der Waals surface area contributed by atoms with E-state index >= 15 is 0 Å². The van der Waals surface area contributed by atoms with E-state index in [1.54, 1.807) is 30.5 Å². The number of hydrogen-bond donors (Lipinski definition) is 1. The van der Waals surface area contributed by atoms with E-state index in [2.05, 4.69) is 20.9 Å². The van der Waals surface area contributed by atoms with Gasteiger partial charge in [-0.2, -0.15) is 0 Å². The second kappa shape index (κ2) is 6.05. The second-order valence-corrected chi connectivity index (χ2v) is 5.55. The summed E-state index contributed by atoms with van der Waals surface area (Å²) in [6.07, 6.45) is 3.12. The third kappa shape index (κ3) is 3.36. The maximum absolute atomic E-state index is 12.4. The lowest BCUT2D eigenvalue weighted by molar-refractivity contribution is 0.103. The quantitative estimate of drug-likeness (QED) is 0.687. The fourth-order valence-corrected chi connectivity index (χ4v) is 2.15. The number of ketones is 1. The molecular formula is C15H15BrN2O2. The Balaban J connectivity index is 2.33. The number of rotatable bonds is 4. The number of carbonyl (C=O) groups is 1. The van der Waals surface area contributed by atoms with Crippen LogP contribution in [0.2, 0.25) is 0 Å². The lowest BCUT2D eigenvalue weighted by Crippen LogP contribution is -2.09. The van der Waals surface area contributed by atoms with E-state index in [0.717, 1.165) is 4.47 Å². The number of ether oxygens (including phenoxy) is 1. The molecule has 0 atom stereocenters. The van der Waals surface area contributed by atoms with Crippen LogP contribution in [-0.2, 0) is 0 Å². The SMILES string of the molecule is CC(C)Oc1cncc(C(=O)c2ccc(Br)cc2N)c1. The summed E-state index contributed by atoms with van der Waals surface area (Å²) in [6.45, 7) is 3.84. The van der Waals surface area contributed by atoms with E-state index in [0.29, 0.717) is 22.6 Å². The number of anilines is 1. The number of benzene rings is 1. The van der Waals surface area contributed by atoms with Crippen molar-refractivity contribution >= 4 is 27.4 Å². The van der Waals surface area contributed by atoms with Gasteiger partial charge in [0.15, 0.2) is 5.78 Å². The number of nitrogen functional groups attached to an aromatic ring is 1. The maximum Gasteiger partial charge on any atom is 0.196 e. The molecule has 2 aromatic rings. The van der Waals surface area contributed by atoms with Crippen LogP contribution < -0.4 is 10.5 Å². The van der Waals surface area contributed by atoms with Gasteiger partial charge >= 0.3 is 0 Å². The number of hydrogen-bond acceptors (Lipinski definition) is 4. The lowest BCUT2D eigenvalue weighted by atomic mass is 10.0. The van der Waals surface area contributed by atoms with E-state index in [1.165, 1.54) is 6.20 Å². The van der Waals surface area contributed by atoms with E-state index in [-0.39, 0.29) is 11.9 Å². The molecule has 104 valence electrons. The summed E-state index contributed by atoms with van der Waals surface area (Å²) in [5.41, 5.74) is 7.22. The first-order valence-corrected chi connectivity index (χ1v) is 6.98. The Morgan fingerprint density at radius 1 is 1.30 bits per heavy atom. The fraction of sp³-hybridized carbons (Fsp3) is 0.200. The monoisotopic (exact) mass is 334 g/mol. The Labute approximate surface area is 126 Å². The van der Waals surface area contributed by atoms with Crippen molar-refractivity contribution in [1.29, 1.82) is 0 Å². The minimum absolute atomic E-state index is 0.0277. The average Bonchev–Trinajstić information content (AvgIpc) is 2.37. The van der Waals surface area contributed by atoms with Crippen molar-refractivity contribution in [2.75, 3.05) is 5.73 Å². The van der Waals surface area contributed by atoms with Crippen LogP contribution in [0.15, 0.2) is 41.1 Å². The molecule has 4 nitrogen and oxygen atoms in total. The Hall–Kier alpha value is -1.88. The standard InChI is InChI=1S/C15H15BrN2O2/c1-9(2)20-12-5-10(7-18-8-12)15(19)13-4-3-11(16)6-14(13)17/h3-9H,17H2,1-2H3. The molecule has 0 radical (unpaired) electrons. The van der Waals surface area contributed by atoms with E-state index in [9.17, 15) is 4.79 Å². The van der Waals surface area contributed by atoms with Crippen LogP contribution in [0.4, 0.5) is 5.69 Å². The fourth-order valence-electron chi connectivity index (χ4n) is 1.78. The van der Waals surface area contributed by atoms with Gasteiger partial charge in [0.1, 0.15) is 5.75 Å². The molecule has 0 aliphatic carbocycles. The summed E-state index contributed by atoms with van der Waals surface area (Å²) in [5.74, 6) is 0.401. The van der Waals surface area contributed by atoms with E-state index in [4.69, 9.17) is 10.5 Å². The number of nitrogens with two attached hydrogens (primary N) is 1. The molecular weight excluding hydrogens is 320 g/mol. The van der Waals surface area contributed by atoms with Crippen molar-refractivity contribution < 1.29 is 9.53 Å². The van der Waals surface area contributed by atoms with Crippen LogP contribution in [0.1, 0.15) is 29.8 Å². The predicted molar refractivity (Wildman–Crippen MR) is 82.0 cm³/mol. The summed E-state index contributed by atoms with van der Waals surface area (Å²) < 4.78 is 6.37. The van der Waals surface area contributed by atoms with Crippen LogP contribution in [0.3, 0.4) is 0 Å². The summed E-state index contributed by atoms with van der Waals surface area (Å²) in [7, 11) is 0. The second-order valence-electron chi connectivity index (χ2n) is 4.64. The normalized spacial score (nSPS) is 10.6. The largest absolute Gasteiger partial charge is 0.489 e. The number of carbonyl (C=O) groups excluding carboxylic acids is 1. The van der Waals surface area contributed by atoms with Gasteiger partial charge in [0.2, 0.25) is 0 Å². The van der Waals surface area contributed by atoms with Gasteiger partial charge in [0.25, 0.3) is 0 Å². The zero-order valence-corrected chi connectivity index (χ0v) is 12.8. The van der Waals surface area contributed by atoms with Crippen LogP contribution in [0, 0.1) is 0 Å². The highest BCUT2D eigenvalue weighted by molar-refractivity contribution is 9.10. The highest BCUT2D eigenvalue weighted by Crippen LogP contribution is 2.22. The Morgan fingerprint density at radius 3 is 2.70 bits per heavy atom. The molecule has 5 heteroatoms. The molecule has 0 amide bonds. The minimum atomic E-state index is -0.170. The van der Waals surface area contributed by atoms with Crippen molar-refractivity contribution in [3.05, 3.63) is 52.3 Å². The van der Waals surface area contributed by atoms with Gasteiger partial charge in [0.05, 0.1) is 12.3 Å². The molecule has 0 fully saturated rings. The molecule has 2 N–H and O–H groups in total. The van der Waals surface area contributed by atoms with Crippen molar-refractivity contribution in [2.45, 2.75) is 20.0 Å². The molecule has 0 unspecified atom stereocenters. The molecule has 0 saturated carbocycles. The Kier molecular flexibility index (Phi) is 4.39. The third-order valence-electron chi connectivity index (χ3n) is 2.61. The number of aromatic nitrogens is 1. The number of nitrogens with zero attached hydrogens (tertiary/aromatic N) is 1. The Bertz CT molecular complexity index is 642. The third-order valence-corrected chi connectivity index (χ3v) is 3.10. The van der Waals surface area contributed by atoms with Gasteiger partial charge in [-0.05, 0) is 38.1 Å². The topological polar surface area (TPSA) is 65.2 Å². The molecule has 0 bridgehead atoms. The highest BCUT2D eigenvalue weighted by atomic mass is 79.9. The first-order chi connectivity index (χ1) is 9.47. The zero-order chi connectivity index (χ0) is 14.7. The van der Waals surface area contributed by atoms with Crippen LogP contribution >= 0.6 is 15.9 Å². The molecule has 0 aliphatic rings. The highest BCUT2D eigenvalue weighted by Gasteiger charge is 2.14. The van der Waals surface area contributed by atoms with Gasteiger partial charge in [-0.1, -0.05) is 15.9 Å². The maximum atomic E-state index is 12.4. The smallest absolute Gasteiger partial charge is 0.196 e. The summed E-state index contributed by atoms with van der Waals surface area (Å²) in [4.78, 5) is 16.5. The van der Waals surface area contributed by atoms with Crippen LogP contribution in [0.25, 0.3) is 0 Å². The minimum Gasteiger partial charge on any atom is -0.489 e. The van der Waals surface area contributed by atoms with Gasteiger partial charge in [-0.3, -0.25) is 9.78 Å². The predicted octanol–water partition coefficient (Wildman–Crippen LogP) is 3.44. The van der Waals surface area contributed by atoms with E-state index < -0.39 is 0 Å². The van der Waals surface area contributed by atoms with Crippen molar-refractivity contribution in [2.24, 2.45) is 0 Å². The Morgan fingerprint density at radius 2 is 2.05 bits per heavy atom. The van der Waals surface area contributed by atoms with Crippen molar-refractivity contribution in [1.82, 2.24) is 4.98 Å². The zero-order valence-electron chi connectivity index (χ0n) is 11.3. The molecule has 20 heavy (non-hydrogen) atoms. The van der Waals surface area contributed by atoms with Crippen molar-refractivity contribution in [3.63, 3.8) is 0 Å². The van der Waals surface area contributed by atoms with Crippen LogP contribution in [-0.4, -0.2) is 16.9 Å². The molecule has 0 spiro atoms. The van der Waals surface area contributed by atoms with Gasteiger partial charge in [-0.25, -0.2) is 0 Å². The lowest BCUT2D eigenvalue weighted by Gasteiger charge is -2.10. The summed E-state index contributed by atoms with van der Waals surface area (Å²) in [6, 6.07) is 6.86. The molecule has 2 rings (SSSR count). The molecule has 1 aromatic heterocycles.